The minimum atomic E-state index is -0.0164. The van der Waals surface area contributed by atoms with Crippen LogP contribution in [0.4, 0.5) is 5.69 Å². The Morgan fingerprint density at radius 1 is 1.08 bits per heavy atom. The molecule has 0 bridgehead atoms. The van der Waals surface area contributed by atoms with Crippen LogP contribution >= 0.6 is 0 Å². The molecule has 1 saturated heterocycles. The lowest BCUT2D eigenvalue weighted by Crippen LogP contribution is -2.45. The maximum atomic E-state index is 8.94. The van der Waals surface area contributed by atoms with Crippen LogP contribution in [0.2, 0.25) is 0 Å². The summed E-state index contributed by atoms with van der Waals surface area (Å²) in [5.74, 6) is 0.586. The number of nitrogens with zero attached hydrogens (tertiary/aromatic N) is 2. The Morgan fingerprint density at radius 3 is 2.28 bits per heavy atom. The van der Waals surface area contributed by atoms with Crippen LogP contribution in [0, 0.1) is 18.3 Å². The average Bonchev–Trinajstić information content (AvgIpc) is 2.64. The van der Waals surface area contributed by atoms with E-state index in [1.165, 1.54) is 11.1 Å². The van der Waals surface area contributed by atoms with Gasteiger partial charge in [-0.3, -0.25) is 4.90 Å². The zero-order chi connectivity index (χ0) is 18.0. The molecule has 1 aliphatic rings. The van der Waals surface area contributed by atoms with Crippen molar-refractivity contribution in [1.29, 1.82) is 5.26 Å². The van der Waals surface area contributed by atoms with Crippen molar-refractivity contribution in [2.24, 2.45) is 0 Å². The minimum Gasteiger partial charge on any atom is -0.399 e. The first-order valence-corrected chi connectivity index (χ1v) is 9.03. The predicted molar refractivity (Wildman–Crippen MR) is 103 cm³/mol. The number of nitrogen functional groups attached to an aromatic ring is 1. The molecule has 0 amide bonds. The molecule has 0 radical (unpaired) electrons. The summed E-state index contributed by atoms with van der Waals surface area (Å²) in [6, 6.07) is 16.7. The number of likely N-dealkylation sites (tertiary alicyclic amines) is 1. The maximum Gasteiger partial charge on any atom is 0.0991 e. The van der Waals surface area contributed by atoms with Crippen LogP contribution in [-0.4, -0.2) is 18.0 Å². The lowest BCUT2D eigenvalue weighted by molar-refractivity contribution is 0.0866. The quantitative estimate of drug-likeness (QED) is 0.838. The number of rotatable bonds is 3. The second-order valence-electron chi connectivity index (χ2n) is 7.63. The van der Waals surface area contributed by atoms with E-state index in [1.54, 1.807) is 0 Å². The molecule has 1 aliphatic heterocycles. The van der Waals surface area contributed by atoms with Gasteiger partial charge in [0.25, 0.3) is 0 Å². The topological polar surface area (TPSA) is 53.0 Å². The molecule has 0 atom stereocenters. The minimum absolute atomic E-state index is 0.0164. The fraction of sp³-hybridized carbons (Fsp3) is 0.409. The van der Waals surface area contributed by atoms with Crippen molar-refractivity contribution in [2.45, 2.75) is 45.1 Å². The van der Waals surface area contributed by atoms with Gasteiger partial charge in [-0.05, 0) is 87.5 Å². The Labute approximate surface area is 151 Å². The van der Waals surface area contributed by atoms with Gasteiger partial charge in [0.2, 0.25) is 0 Å². The molecule has 3 nitrogen and oxygen atoms in total. The van der Waals surface area contributed by atoms with E-state index in [0.717, 1.165) is 42.7 Å². The molecule has 0 spiro atoms. The molecule has 2 N–H and O–H groups in total. The summed E-state index contributed by atoms with van der Waals surface area (Å²) in [6.07, 6.45) is 2.30. The van der Waals surface area contributed by atoms with Gasteiger partial charge in [0.05, 0.1) is 11.6 Å². The molecule has 3 rings (SSSR count). The Kier molecular flexibility index (Phi) is 4.83. The Bertz CT molecular complexity index is 776. The third-order valence-electron chi connectivity index (χ3n) is 5.78. The highest BCUT2D eigenvalue weighted by atomic mass is 15.2. The summed E-state index contributed by atoms with van der Waals surface area (Å²) in [7, 11) is 0. The summed E-state index contributed by atoms with van der Waals surface area (Å²) in [5.41, 5.74) is 11.5. The summed E-state index contributed by atoms with van der Waals surface area (Å²) in [6.45, 7) is 8.78. The predicted octanol–water partition coefficient (Wildman–Crippen LogP) is 4.56. The Hall–Kier alpha value is -2.31. The standard InChI is InChI=1S/C22H27N3/c1-16-4-9-20(14-21(16)24)22(2,3)25-12-10-19(11-13-25)18-7-5-17(15-23)6-8-18/h4-9,14,19H,10-13,24H2,1-3H3. The highest BCUT2D eigenvalue weighted by molar-refractivity contribution is 5.49. The number of nitrogens with two attached hydrogens (primary N) is 1. The van der Waals surface area contributed by atoms with Gasteiger partial charge >= 0.3 is 0 Å². The van der Waals surface area contributed by atoms with Gasteiger partial charge in [-0.15, -0.1) is 0 Å². The van der Waals surface area contributed by atoms with E-state index in [9.17, 15) is 0 Å². The second kappa shape index (κ2) is 6.90. The molecule has 0 aliphatic carbocycles. The first-order valence-electron chi connectivity index (χ1n) is 9.03. The Balaban J connectivity index is 1.70. The van der Waals surface area contributed by atoms with Gasteiger partial charge in [0, 0.05) is 11.2 Å². The average molecular weight is 333 g/mol. The van der Waals surface area contributed by atoms with Crippen LogP contribution in [0.1, 0.15) is 54.9 Å². The van der Waals surface area contributed by atoms with Crippen molar-refractivity contribution >= 4 is 5.69 Å². The van der Waals surface area contributed by atoms with E-state index in [1.807, 2.05) is 12.1 Å². The first-order chi connectivity index (χ1) is 11.9. The van der Waals surface area contributed by atoms with Crippen LogP contribution in [0.3, 0.4) is 0 Å². The SMILES string of the molecule is Cc1ccc(C(C)(C)N2CCC(c3ccc(C#N)cc3)CC2)cc1N. The number of aryl methyl sites for hydroxylation is 1. The normalized spacial score (nSPS) is 16.6. The number of hydrogen-bond acceptors (Lipinski definition) is 3. The maximum absolute atomic E-state index is 8.94. The molecule has 3 heteroatoms. The Morgan fingerprint density at radius 2 is 1.72 bits per heavy atom. The van der Waals surface area contributed by atoms with Gasteiger partial charge in [0.1, 0.15) is 0 Å². The third kappa shape index (κ3) is 3.55. The fourth-order valence-corrected chi connectivity index (χ4v) is 3.81. The lowest BCUT2D eigenvalue weighted by Gasteiger charge is -2.43. The lowest BCUT2D eigenvalue weighted by atomic mass is 9.84. The van der Waals surface area contributed by atoms with Gasteiger partial charge in [-0.25, -0.2) is 0 Å². The van der Waals surface area contributed by atoms with E-state index in [-0.39, 0.29) is 5.54 Å². The number of benzene rings is 2. The molecular formula is C22H27N3. The zero-order valence-corrected chi connectivity index (χ0v) is 15.4. The number of hydrogen-bond donors (Lipinski definition) is 1. The highest BCUT2D eigenvalue weighted by Gasteiger charge is 2.32. The number of nitriles is 1. The molecule has 1 fully saturated rings. The van der Waals surface area contributed by atoms with Gasteiger partial charge in [-0.1, -0.05) is 24.3 Å². The molecule has 0 aromatic heterocycles. The van der Waals surface area contributed by atoms with Crippen molar-refractivity contribution in [1.82, 2.24) is 4.90 Å². The van der Waals surface area contributed by atoms with E-state index >= 15 is 0 Å². The molecule has 130 valence electrons. The van der Waals surface area contributed by atoms with Crippen molar-refractivity contribution in [3.63, 3.8) is 0 Å². The van der Waals surface area contributed by atoms with Crippen LogP contribution in [0.25, 0.3) is 0 Å². The van der Waals surface area contributed by atoms with Crippen molar-refractivity contribution < 1.29 is 0 Å². The van der Waals surface area contributed by atoms with Crippen molar-refractivity contribution in [2.75, 3.05) is 18.8 Å². The molecule has 1 heterocycles. The second-order valence-corrected chi connectivity index (χ2v) is 7.63. The summed E-state index contributed by atoms with van der Waals surface area (Å²) in [5, 5.41) is 8.94. The van der Waals surface area contributed by atoms with E-state index in [2.05, 4.69) is 62.1 Å². The highest BCUT2D eigenvalue weighted by Crippen LogP contribution is 2.36. The van der Waals surface area contributed by atoms with Crippen LogP contribution in [0.15, 0.2) is 42.5 Å². The number of piperidine rings is 1. The van der Waals surface area contributed by atoms with Crippen LogP contribution in [0.5, 0.6) is 0 Å². The van der Waals surface area contributed by atoms with Gasteiger partial charge in [-0.2, -0.15) is 5.26 Å². The summed E-state index contributed by atoms with van der Waals surface area (Å²) >= 11 is 0. The largest absolute Gasteiger partial charge is 0.399 e. The van der Waals surface area contributed by atoms with Crippen molar-refractivity contribution in [3.8, 4) is 6.07 Å². The summed E-state index contributed by atoms with van der Waals surface area (Å²) in [4.78, 5) is 2.57. The number of anilines is 1. The van der Waals surface area contributed by atoms with E-state index in [0.29, 0.717) is 5.92 Å². The van der Waals surface area contributed by atoms with Crippen LogP contribution < -0.4 is 5.73 Å². The molecule has 2 aromatic carbocycles. The molecule has 0 saturated carbocycles. The monoisotopic (exact) mass is 333 g/mol. The summed E-state index contributed by atoms with van der Waals surface area (Å²) < 4.78 is 0. The molecular weight excluding hydrogens is 306 g/mol. The first kappa shape index (κ1) is 17.5. The molecule has 25 heavy (non-hydrogen) atoms. The third-order valence-corrected chi connectivity index (χ3v) is 5.78. The van der Waals surface area contributed by atoms with Gasteiger partial charge in [0.15, 0.2) is 0 Å². The van der Waals surface area contributed by atoms with Crippen LogP contribution in [-0.2, 0) is 5.54 Å². The van der Waals surface area contributed by atoms with E-state index in [4.69, 9.17) is 11.0 Å². The van der Waals surface area contributed by atoms with Gasteiger partial charge < -0.3 is 5.73 Å². The van der Waals surface area contributed by atoms with Crippen molar-refractivity contribution in [3.05, 3.63) is 64.7 Å². The van der Waals surface area contributed by atoms with E-state index < -0.39 is 0 Å². The smallest absolute Gasteiger partial charge is 0.0991 e. The fourth-order valence-electron chi connectivity index (χ4n) is 3.81. The zero-order valence-electron chi connectivity index (χ0n) is 15.4. The molecule has 0 unspecified atom stereocenters. The molecule has 2 aromatic rings.